The van der Waals surface area contributed by atoms with Crippen molar-refractivity contribution in [3.05, 3.63) is 40.7 Å². The van der Waals surface area contributed by atoms with E-state index in [4.69, 9.17) is 4.74 Å². The van der Waals surface area contributed by atoms with Gasteiger partial charge in [0.25, 0.3) is 5.56 Å². The van der Waals surface area contributed by atoms with Crippen LogP contribution in [0.15, 0.2) is 29.3 Å². The topological polar surface area (TPSA) is 64.4 Å². The molecule has 1 aliphatic heterocycles. The minimum absolute atomic E-state index is 0.0155. The zero-order valence-corrected chi connectivity index (χ0v) is 12.2. The van der Waals surface area contributed by atoms with E-state index in [9.17, 15) is 14.0 Å². The lowest BCUT2D eigenvalue weighted by atomic mass is 10.2. The van der Waals surface area contributed by atoms with Crippen molar-refractivity contribution in [1.82, 2.24) is 14.5 Å². The van der Waals surface area contributed by atoms with Crippen molar-refractivity contribution < 1.29 is 13.9 Å². The fourth-order valence-corrected chi connectivity index (χ4v) is 2.53. The molecule has 0 saturated carbocycles. The van der Waals surface area contributed by atoms with Crippen LogP contribution >= 0.6 is 0 Å². The van der Waals surface area contributed by atoms with Gasteiger partial charge in [-0.2, -0.15) is 0 Å². The van der Waals surface area contributed by atoms with Gasteiger partial charge in [0.05, 0.1) is 29.9 Å². The Morgan fingerprint density at radius 2 is 2.32 bits per heavy atom. The van der Waals surface area contributed by atoms with Crippen molar-refractivity contribution >= 4 is 16.8 Å². The molecular formula is C15H16FN3O3. The van der Waals surface area contributed by atoms with Gasteiger partial charge in [-0.25, -0.2) is 9.37 Å². The average Bonchev–Trinajstić information content (AvgIpc) is 2.50. The number of aromatic nitrogens is 2. The van der Waals surface area contributed by atoms with Gasteiger partial charge in [-0.1, -0.05) is 0 Å². The van der Waals surface area contributed by atoms with Crippen LogP contribution in [0.4, 0.5) is 4.39 Å². The maximum atomic E-state index is 13.3. The number of amides is 1. The predicted molar refractivity (Wildman–Crippen MR) is 78.0 cm³/mol. The Balaban J connectivity index is 1.86. The molecule has 0 spiro atoms. The molecule has 1 fully saturated rings. The molecule has 2 heterocycles. The molecule has 2 aromatic rings. The van der Waals surface area contributed by atoms with E-state index in [0.29, 0.717) is 25.2 Å². The number of halogens is 1. The molecule has 0 radical (unpaired) electrons. The highest BCUT2D eigenvalue weighted by molar-refractivity contribution is 5.79. The third-order valence-electron chi connectivity index (χ3n) is 3.69. The SMILES string of the molecule is C[C@H]1CN(C(=O)Cn2cnc3ccc(F)cc3c2=O)CCO1. The first-order chi connectivity index (χ1) is 10.5. The summed E-state index contributed by atoms with van der Waals surface area (Å²) in [5.74, 6) is -0.674. The highest BCUT2D eigenvalue weighted by Gasteiger charge is 2.22. The number of carbonyl (C=O) groups excluding carboxylic acids is 1. The first-order valence-electron chi connectivity index (χ1n) is 7.08. The molecule has 1 aliphatic rings. The highest BCUT2D eigenvalue weighted by atomic mass is 19.1. The molecule has 1 atom stereocenters. The Morgan fingerprint density at radius 3 is 3.09 bits per heavy atom. The second kappa shape index (κ2) is 5.84. The summed E-state index contributed by atoms with van der Waals surface area (Å²) >= 11 is 0. The smallest absolute Gasteiger partial charge is 0.261 e. The average molecular weight is 305 g/mol. The van der Waals surface area contributed by atoms with Gasteiger partial charge in [0.1, 0.15) is 12.4 Å². The van der Waals surface area contributed by atoms with Gasteiger partial charge in [0.2, 0.25) is 5.91 Å². The van der Waals surface area contributed by atoms with Crippen LogP contribution in [-0.4, -0.2) is 46.2 Å². The largest absolute Gasteiger partial charge is 0.375 e. The molecule has 0 aliphatic carbocycles. The minimum atomic E-state index is -0.502. The van der Waals surface area contributed by atoms with E-state index in [0.717, 1.165) is 6.07 Å². The third-order valence-corrected chi connectivity index (χ3v) is 3.69. The molecule has 1 saturated heterocycles. The molecular weight excluding hydrogens is 289 g/mol. The van der Waals surface area contributed by atoms with Crippen LogP contribution in [0.5, 0.6) is 0 Å². The van der Waals surface area contributed by atoms with Crippen LogP contribution in [0.2, 0.25) is 0 Å². The van der Waals surface area contributed by atoms with Crippen LogP contribution < -0.4 is 5.56 Å². The van der Waals surface area contributed by atoms with E-state index < -0.39 is 11.4 Å². The molecule has 116 valence electrons. The van der Waals surface area contributed by atoms with Gasteiger partial charge in [-0.15, -0.1) is 0 Å². The number of nitrogens with zero attached hydrogens (tertiary/aromatic N) is 3. The standard InChI is InChI=1S/C15H16FN3O3/c1-10-7-18(4-5-22-10)14(20)8-19-9-17-13-3-2-11(16)6-12(13)15(19)21/h2-3,6,9-10H,4-5,7-8H2,1H3/t10-/m0/s1. The lowest BCUT2D eigenvalue weighted by molar-refractivity contribution is -0.138. The van der Waals surface area contributed by atoms with E-state index in [1.54, 1.807) is 4.90 Å². The first kappa shape index (κ1) is 14.6. The summed E-state index contributed by atoms with van der Waals surface area (Å²) in [6, 6.07) is 3.84. The fourth-order valence-electron chi connectivity index (χ4n) is 2.53. The molecule has 22 heavy (non-hydrogen) atoms. The third kappa shape index (κ3) is 2.85. The number of benzene rings is 1. The van der Waals surface area contributed by atoms with Crippen molar-refractivity contribution in [1.29, 1.82) is 0 Å². The quantitative estimate of drug-likeness (QED) is 0.822. The van der Waals surface area contributed by atoms with Crippen LogP contribution in [0.25, 0.3) is 10.9 Å². The van der Waals surface area contributed by atoms with Gasteiger partial charge in [0.15, 0.2) is 0 Å². The number of ether oxygens (including phenoxy) is 1. The Morgan fingerprint density at radius 1 is 1.50 bits per heavy atom. The van der Waals surface area contributed by atoms with Gasteiger partial charge >= 0.3 is 0 Å². The summed E-state index contributed by atoms with van der Waals surface area (Å²) in [4.78, 5) is 30.4. The molecule has 3 rings (SSSR count). The van der Waals surface area contributed by atoms with Crippen molar-refractivity contribution in [2.75, 3.05) is 19.7 Å². The van der Waals surface area contributed by atoms with E-state index in [2.05, 4.69) is 4.98 Å². The summed E-state index contributed by atoms with van der Waals surface area (Å²) in [5, 5.41) is 0.172. The highest BCUT2D eigenvalue weighted by Crippen LogP contribution is 2.09. The fraction of sp³-hybridized carbons (Fsp3) is 0.400. The van der Waals surface area contributed by atoms with Crippen LogP contribution in [0.3, 0.4) is 0 Å². The Kier molecular flexibility index (Phi) is 3.89. The maximum Gasteiger partial charge on any atom is 0.261 e. The monoisotopic (exact) mass is 305 g/mol. The predicted octanol–water partition coefficient (Wildman–Crippen LogP) is 0.783. The molecule has 7 heteroatoms. The normalized spacial score (nSPS) is 18.6. The summed E-state index contributed by atoms with van der Waals surface area (Å²) < 4.78 is 19.9. The Labute approximate surface area is 126 Å². The summed E-state index contributed by atoms with van der Waals surface area (Å²) in [5.41, 5.74) is -0.00532. The van der Waals surface area contributed by atoms with Crippen LogP contribution in [0, 0.1) is 5.82 Å². The number of hydrogen-bond donors (Lipinski definition) is 0. The molecule has 0 bridgehead atoms. The Bertz CT molecular complexity index is 774. The molecule has 1 amide bonds. The zero-order valence-electron chi connectivity index (χ0n) is 12.2. The molecule has 1 aromatic carbocycles. The first-order valence-corrected chi connectivity index (χ1v) is 7.08. The Hall–Kier alpha value is -2.28. The number of hydrogen-bond acceptors (Lipinski definition) is 4. The number of fused-ring (bicyclic) bond motifs is 1. The number of carbonyl (C=O) groups is 1. The van der Waals surface area contributed by atoms with Crippen molar-refractivity contribution in [2.45, 2.75) is 19.6 Å². The number of rotatable bonds is 2. The number of morpholine rings is 1. The van der Waals surface area contributed by atoms with Gasteiger partial charge in [-0.3, -0.25) is 14.2 Å². The van der Waals surface area contributed by atoms with Crippen LogP contribution in [-0.2, 0) is 16.1 Å². The van der Waals surface area contributed by atoms with Gasteiger partial charge in [-0.05, 0) is 25.1 Å². The van der Waals surface area contributed by atoms with E-state index >= 15 is 0 Å². The molecule has 0 unspecified atom stereocenters. The lowest BCUT2D eigenvalue weighted by Crippen LogP contribution is -2.46. The molecule has 6 nitrogen and oxygen atoms in total. The maximum absolute atomic E-state index is 13.3. The van der Waals surface area contributed by atoms with E-state index in [1.807, 2.05) is 6.92 Å². The minimum Gasteiger partial charge on any atom is -0.375 e. The summed E-state index contributed by atoms with van der Waals surface area (Å²) in [6.07, 6.45) is 1.31. The lowest BCUT2D eigenvalue weighted by Gasteiger charge is -2.31. The van der Waals surface area contributed by atoms with E-state index in [1.165, 1.54) is 23.0 Å². The van der Waals surface area contributed by atoms with Gasteiger partial charge < -0.3 is 9.64 Å². The van der Waals surface area contributed by atoms with Gasteiger partial charge in [0, 0.05) is 13.1 Å². The second-order valence-corrected chi connectivity index (χ2v) is 5.36. The second-order valence-electron chi connectivity index (χ2n) is 5.36. The molecule has 1 aromatic heterocycles. The van der Waals surface area contributed by atoms with Crippen molar-refractivity contribution in [3.63, 3.8) is 0 Å². The van der Waals surface area contributed by atoms with Crippen molar-refractivity contribution in [3.8, 4) is 0 Å². The summed E-state index contributed by atoms with van der Waals surface area (Å²) in [7, 11) is 0. The summed E-state index contributed by atoms with van der Waals surface area (Å²) in [6.45, 7) is 3.29. The zero-order chi connectivity index (χ0) is 15.7. The molecule has 0 N–H and O–H groups in total. The van der Waals surface area contributed by atoms with Crippen LogP contribution in [0.1, 0.15) is 6.92 Å². The van der Waals surface area contributed by atoms with E-state index in [-0.39, 0.29) is 23.9 Å². The van der Waals surface area contributed by atoms with Crippen molar-refractivity contribution in [2.24, 2.45) is 0 Å².